The smallest absolute Gasteiger partial charge is 0.00501 e. The van der Waals surface area contributed by atoms with Crippen molar-refractivity contribution in [1.29, 1.82) is 0 Å². The zero-order valence-corrected chi connectivity index (χ0v) is 14.3. The summed E-state index contributed by atoms with van der Waals surface area (Å²) in [7, 11) is 0. The average molecular weight is 280 g/mol. The molecule has 1 aliphatic heterocycles. The van der Waals surface area contributed by atoms with Gasteiger partial charge in [-0.3, -0.25) is 0 Å². The molecule has 1 N–H and O–H groups in total. The summed E-state index contributed by atoms with van der Waals surface area (Å²) in [6.45, 7) is 15.9. The summed E-state index contributed by atoms with van der Waals surface area (Å²) in [6, 6.07) is 0. The topological polar surface area (TPSA) is 15.3 Å². The highest BCUT2D eigenvalue weighted by molar-refractivity contribution is 4.91. The largest absolute Gasteiger partial charge is 0.316 e. The average Bonchev–Trinajstić information content (AvgIpc) is 2.80. The molecule has 1 saturated heterocycles. The van der Waals surface area contributed by atoms with Crippen LogP contribution >= 0.6 is 0 Å². The quantitative estimate of drug-likeness (QED) is 0.793. The van der Waals surface area contributed by atoms with Crippen molar-refractivity contribution in [3.05, 3.63) is 0 Å². The first-order valence-electron chi connectivity index (χ1n) is 8.84. The molecule has 1 aliphatic carbocycles. The number of likely N-dealkylation sites (tertiary alicyclic amines) is 1. The van der Waals surface area contributed by atoms with Gasteiger partial charge in [0.15, 0.2) is 0 Å². The van der Waals surface area contributed by atoms with Crippen LogP contribution < -0.4 is 5.32 Å². The van der Waals surface area contributed by atoms with E-state index < -0.39 is 0 Å². The standard InChI is InChI=1S/C18H36N2/c1-16(2)13-19-14-18(7-5-6-8-18)15-20-11-9-17(3,4)10-12-20/h16,19H,5-15H2,1-4H3. The summed E-state index contributed by atoms with van der Waals surface area (Å²) in [4.78, 5) is 2.76. The van der Waals surface area contributed by atoms with E-state index in [-0.39, 0.29) is 0 Å². The summed E-state index contributed by atoms with van der Waals surface area (Å²) in [5, 5.41) is 3.75. The van der Waals surface area contributed by atoms with E-state index in [0.29, 0.717) is 10.8 Å². The Labute approximate surface area is 126 Å². The normalized spacial score (nSPS) is 26.2. The molecule has 118 valence electrons. The van der Waals surface area contributed by atoms with Gasteiger partial charge >= 0.3 is 0 Å². The van der Waals surface area contributed by atoms with E-state index >= 15 is 0 Å². The Morgan fingerprint density at radius 2 is 1.60 bits per heavy atom. The van der Waals surface area contributed by atoms with Crippen molar-refractivity contribution in [1.82, 2.24) is 10.2 Å². The lowest BCUT2D eigenvalue weighted by Crippen LogP contribution is -2.47. The van der Waals surface area contributed by atoms with Gasteiger partial charge in [0.05, 0.1) is 0 Å². The number of rotatable bonds is 6. The van der Waals surface area contributed by atoms with Crippen molar-refractivity contribution >= 4 is 0 Å². The summed E-state index contributed by atoms with van der Waals surface area (Å²) in [5.41, 5.74) is 1.16. The van der Waals surface area contributed by atoms with Crippen molar-refractivity contribution < 1.29 is 0 Å². The Balaban J connectivity index is 1.83. The summed E-state index contributed by atoms with van der Waals surface area (Å²) in [6.07, 6.45) is 8.53. The molecule has 2 aliphatic rings. The molecule has 0 bridgehead atoms. The molecule has 0 aromatic rings. The first-order chi connectivity index (χ1) is 9.41. The van der Waals surface area contributed by atoms with Gasteiger partial charge < -0.3 is 10.2 Å². The molecule has 0 aromatic heterocycles. The second-order valence-corrected chi connectivity index (χ2v) is 8.67. The van der Waals surface area contributed by atoms with E-state index in [1.54, 1.807) is 0 Å². The van der Waals surface area contributed by atoms with Crippen molar-refractivity contribution in [3.8, 4) is 0 Å². The first kappa shape index (κ1) is 16.3. The molecule has 2 nitrogen and oxygen atoms in total. The molecule has 0 aromatic carbocycles. The number of nitrogens with one attached hydrogen (secondary N) is 1. The predicted molar refractivity (Wildman–Crippen MR) is 88.1 cm³/mol. The van der Waals surface area contributed by atoms with E-state index in [2.05, 4.69) is 37.9 Å². The van der Waals surface area contributed by atoms with Crippen molar-refractivity contribution in [2.45, 2.75) is 66.2 Å². The number of piperidine rings is 1. The van der Waals surface area contributed by atoms with E-state index in [9.17, 15) is 0 Å². The van der Waals surface area contributed by atoms with Gasteiger partial charge in [0.1, 0.15) is 0 Å². The molecule has 2 rings (SSSR count). The van der Waals surface area contributed by atoms with Gasteiger partial charge in [-0.05, 0) is 62.1 Å². The Morgan fingerprint density at radius 1 is 1.00 bits per heavy atom. The minimum Gasteiger partial charge on any atom is -0.316 e. The third-order valence-electron chi connectivity index (χ3n) is 5.49. The van der Waals surface area contributed by atoms with Crippen molar-refractivity contribution in [2.75, 3.05) is 32.7 Å². The van der Waals surface area contributed by atoms with Crippen LogP contribution in [0.25, 0.3) is 0 Å². The van der Waals surface area contributed by atoms with Gasteiger partial charge in [-0.15, -0.1) is 0 Å². The van der Waals surface area contributed by atoms with E-state index in [1.165, 1.54) is 71.2 Å². The molecular weight excluding hydrogens is 244 g/mol. The maximum Gasteiger partial charge on any atom is 0.00501 e. The second-order valence-electron chi connectivity index (χ2n) is 8.67. The van der Waals surface area contributed by atoms with Crippen LogP contribution in [0.15, 0.2) is 0 Å². The lowest BCUT2D eigenvalue weighted by atomic mass is 9.80. The molecule has 20 heavy (non-hydrogen) atoms. The Kier molecular flexibility index (Phi) is 5.53. The number of hydrogen-bond donors (Lipinski definition) is 1. The van der Waals surface area contributed by atoms with Crippen molar-refractivity contribution in [3.63, 3.8) is 0 Å². The molecule has 1 saturated carbocycles. The van der Waals surface area contributed by atoms with Crippen molar-refractivity contribution in [2.24, 2.45) is 16.7 Å². The van der Waals surface area contributed by atoms with Gasteiger partial charge in [0.25, 0.3) is 0 Å². The van der Waals surface area contributed by atoms with Gasteiger partial charge in [0.2, 0.25) is 0 Å². The Bertz CT molecular complexity index is 280. The Hall–Kier alpha value is -0.0800. The molecule has 2 heteroatoms. The molecule has 0 unspecified atom stereocenters. The summed E-state index contributed by atoms with van der Waals surface area (Å²) < 4.78 is 0. The first-order valence-corrected chi connectivity index (χ1v) is 8.84. The van der Waals surface area contributed by atoms with Crippen LogP contribution in [0.1, 0.15) is 66.2 Å². The fourth-order valence-corrected chi connectivity index (χ4v) is 3.93. The molecule has 0 atom stereocenters. The van der Waals surface area contributed by atoms with Crippen LogP contribution in [-0.2, 0) is 0 Å². The fourth-order valence-electron chi connectivity index (χ4n) is 3.93. The van der Waals surface area contributed by atoms with Gasteiger partial charge in [-0.2, -0.15) is 0 Å². The molecule has 0 spiro atoms. The van der Waals surface area contributed by atoms with Crippen LogP contribution in [0.4, 0.5) is 0 Å². The highest BCUT2D eigenvalue weighted by atomic mass is 15.1. The minimum atomic E-state index is 0.579. The maximum atomic E-state index is 3.75. The number of nitrogens with zero attached hydrogens (tertiary/aromatic N) is 1. The lowest BCUT2D eigenvalue weighted by Gasteiger charge is -2.42. The minimum absolute atomic E-state index is 0.579. The van der Waals surface area contributed by atoms with Crippen LogP contribution in [0.3, 0.4) is 0 Å². The summed E-state index contributed by atoms with van der Waals surface area (Å²) >= 11 is 0. The van der Waals surface area contributed by atoms with Crippen LogP contribution in [0.2, 0.25) is 0 Å². The molecule has 0 radical (unpaired) electrons. The zero-order chi connectivity index (χ0) is 14.6. The van der Waals surface area contributed by atoms with Crippen LogP contribution in [-0.4, -0.2) is 37.6 Å². The monoisotopic (exact) mass is 280 g/mol. The molecule has 1 heterocycles. The SMILES string of the molecule is CC(C)CNCC1(CN2CCC(C)(C)CC2)CCCC1. The molecular formula is C18H36N2. The Morgan fingerprint density at radius 3 is 2.15 bits per heavy atom. The lowest BCUT2D eigenvalue weighted by molar-refractivity contribution is 0.0825. The second kappa shape index (κ2) is 6.79. The highest BCUT2D eigenvalue weighted by Gasteiger charge is 2.36. The summed E-state index contributed by atoms with van der Waals surface area (Å²) in [5.74, 6) is 0.768. The highest BCUT2D eigenvalue weighted by Crippen LogP contribution is 2.40. The number of hydrogen-bond acceptors (Lipinski definition) is 2. The van der Waals surface area contributed by atoms with E-state index in [4.69, 9.17) is 0 Å². The van der Waals surface area contributed by atoms with Crippen LogP contribution in [0, 0.1) is 16.7 Å². The fraction of sp³-hybridized carbons (Fsp3) is 1.00. The van der Waals surface area contributed by atoms with Gasteiger partial charge in [-0.1, -0.05) is 40.5 Å². The van der Waals surface area contributed by atoms with E-state index in [0.717, 1.165) is 5.92 Å². The molecule has 0 amide bonds. The van der Waals surface area contributed by atoms with Crippen LogP contribution in [0.5, 0.6) is 0 Å². The predicted octanol–water partition coefficient (Wildman–Crippen LogP) is 3.91. The van der Waals surface area contributed by atoms with Gasteiger partial charge in [0, 0.05) is 13.1 Å². The third kappa shape index (κ3) is 4.73. The van der Waals surface area contributed by atoms with E-state index in [1.807, 2.05) is 0 Å². The maximum absolute atomic E-state index is 3.75. The third-order valence-corrected chi connectivity index (χ3v) is 5.49. The zero-order valence-electron chi connectivity index (χ0n) is 14.3. The van der Waals surface area contributed by atoms with Gasteiger partial charge in [-0.25, -0.2) is 0 Å². The molecule has 2 fully saturated rings.